The molecule has 90 valence electrons. The molecule has 2 aliphatic rings. The van der Waals surface area contributed by atoms with E-state index in [0.717, 1.165) is 24.2 Å². The predicted octanol–water partition coefficient (Wildman–Crippen LogP) is -0.278. The highest BCUT2D eigenvalue weighted by atomic mass is 16.4. The standard InChI is InChI=1S/C10H16N2O4/c13-8-3-1-2-7(8)12-5-4-11(10(15)16)6-9(12)14/h7-8,13H,1-6H2,(H,15,16). The Morgan fingerprint density at radius 3 is 2.56 bits per heavy atom. The molecule has 2 rings (SSSR count). The first-order valence-corrected chi connectivity index (χ1v) is 5.55. The second-order valence-electron chi connectivity index (χ2n) is 4.36. The summed E-state index contributed by atoms with van der Waals surface area (Å²) >= 11 is 0. The molecule has 1 saturated carbocycles. The lowest BCUT2D eigenvalue weighted by atomic mass is 10.1. The normalized spacial score (nSPS) is 30.9. The summed E-state index contributed by atoms with van der Waals surface area (Å²) in [5.74, 6) is -0.195. The van der Waals surface area contributed by atoms with Crippen molar-refractivity contribution in [3.05, 3.63) is 0 Å². The van der Waals surface area contributed by atoms with E-state index in [4.69, 9.17) is 5.11 Å². The molecule has 2 N–H and O–H groups in total. The molecule has 1 heterocycles. The van der Waals surface area contributed by atoms with Crippen molar-refractivity contribution in [1.29, 1.82) is 0 Å². The van der Waals surface area contributed by atoms with Gasteiger partial charge in [-0.2, -0.15) is 0 Å². The summed E-state index contributed by atoms with van der Waals surface area (Å²) in [4.78, 5) is 25.2. The Labute approximate surface area is 93.4 Å². The zero-order chi connectivity index (χ0) is 11.7. The van der Waals surface area contributed by atoms with Crippen molar-refractivity contribution in [1.82, 2.24) is 9.80 Å². The molecule has 16 heavy (non-hydrogen) atoms. The average molecular weight is 228 g/mol. The van der Waals surface area contributed by atoms with Crippen LogP contribution in [0.2, 0.25) is 0 Å². The third-order valence-electron chi connectivity index (χ3n) is 3.37. The Balaban J connectivity index is 1.99. The van der Waals surface area contributed by atoms with Gasteiger partial charge in [-0.25, -0.2) is 4.79 Å². The van der Waals surface area contributed by atoms with Crippen LogP contribution in [0.25, 0.3) is 0 Å². The van der Waals surface area contributed by atoms with Gasteiger partial charge >= 0.3 is 6.09 Å². The summed E-state index contributed by atoms with van der Waals surface area (Å²) < 4.78 is 0. The highest BCUT2D eigenvalue weighted by molar-refractivity contribution is 5.83. The summed E-state index contributed by atoms with van der Waals surface area (Å²) in [5.41, 5.74) is 0. The van der Waals surface area contributed by atoms with Gasteiger partial charge in [0.1, 0.15) is 6.54 Å². The molecule has 0 spiro atoms. The molecular formula is C10H16N2O4. The van der Waals surface area contributed by atoms with Gasteiger partial charge in [0.2, 0.25) is 5.91 Å². The number of rotatable bonds is 1. The van der Waals surface area contributed by atoms with E-state index >= 15 is 0 Å². The fourth-order valence-corrected chi connectivity index (χ4v) is 2.48. The summed E-state index contributed by atoms with van der Waals surface area (Å²) in [6.45, 7) is 0.649. The maximum atomic E-state index is 11.8. The minimum absolute atomic E-state index is 0.0848. The van der Waals surface area contributed by atoms with E-state index in [2.05, 4.69) is 0 Å². The molecule has 2 fully saturated rings. The van der Waals surface area contributed by atoms with Gasteiger partial charge in [-0.3, -0.25) is 9.69 Å². The maximum absolute atomic E-state index is 11.8. The molecule has 0 aromatic carbocycles. The van der Waals surface area contributed by atoms with Crippen LogP contribution in [0.15, 0.2) is 0 Å². The third-order valence-corrected chi connectivity index (χ3v) is 3.37. The monoisotopic (exact) mass is 228 g/mol. The number of carbonyl (C=O) groups is 2. The predicted molar refractivity (Wildman–Crippen MR) is 55.0 cm³/mol. The van der Waals surface area contributed by atoms with E-state index in [-0.39, 0.29) is 18.5 Å². The lowest BCUT2D eigenvalue weighted by Crippen LogP contribution is -2.56. The van der Waals surface area contributed by atoms with Gasteiger partial charge in [-0.15, -0.1) is 0 Å². The van der Waals surface area contributed by atoms with E-state index in [1.807, 2.05) is 0 Å². The van der Waals surface area contributed by atoms with Gasteiger partial charge in [-0.1, -0.05) is 0 Å². The first kappa shape index (κ1) is 11.2. The first-order valence-electron chi connectivity index (χ1n) is 5.55. The topological polar surface area (TPSA) is 81.1 Å². The van der Waals surface area contributed by atoms with Crippen molar-refractivity contribution in [3.63, 3.8) is 0 Å². The average Bonchev–Trinajstić information content (AvgIpc) is 2.64. The van der Waals surface area contributed by atoms with E-state index < -0.39 is 12.2 Å². The number of carbonyl (C=O) groups excluding carboxylic acids is 1. The molecule has 0 aromatic rings. The molecule has 2 unspecified atom stereocenters. The van der Waals surface area contributed by atoms with Crippen molar-refractivity contribution in [2.24, 2.45) is 0 Å². The second kappa shape index (κ2) is 4.29. The summed E-state index contributed by atoms with van der Waals surface area (Å²) in [5, 5.41) is 18.5. The van der Waals surface area contributed by atoms with Gasteiger partial charge in [-0.05, 0) is 19.3 Å². The van der Waals surface area contributed by atoms with Crippen LogP contribution in [-0.2, 0) is 4.79 Å². The van der Waals surface area contributed by atoms with Gasteiger partial charge in [0.05, 0.1) is 12.1 Å². The Hall–Kier alpha value is -1.30. The Kier molecular flexibility index (Phi) is 3.00. The van der Waals surface area contributed by atoms with Gasteiger partial charge in [0.15, 0.2) is 0 Å². The van der Waals surface area contributed by atoms with Crippen molar-refractivity contribution in [2.45, 2.75) is 31.4 Å². The molecule has 0 bridgehead atoms. The van der Waals surface area contributed by atoms with Crippen LogP contribution in [0.4, 0.5) is 4.79 Å². The number of amides is 2. The summed E-state index contributed by atoms with van der Waals surface area (Å²) in [6.07, 6.45) is 0.982. The quantitative estimate of drug-likeness (QED) is 0.647. The van der Waals surface area contributed by atoms with Gasteiger partial charge in [0, 0.05) is 13.1 Å². The lowest BCUT2D eigenvalue weighted by Gasteiger charge is -2.37. The summed E-state index contributed by atoms with van der Waals surface area (Å²) in [6, 6.07) is -0.108. The SMILES string of the molecule is O=C(O)N1CCN(C2CCCC2O)C(=O)C1. The highest BCUT2D eigenvalue weighted by Gasteiger charge is 2.37. The molecule has 6 heteroatoms. The molecule has 1 aliphatic carbocycles. The van der Waals surface area contributed by atoms with Crippen molar-refractivity contribution < 1.29 is 19.8 Å². The van der Waals surface area contributed by atoms with E-state index in [9.17, 15) is 14.7 Å². The lowest BCUT2D eigenvalue weighted by molar-refractivity contribution is -0.140. The van der Waals surface area contributed by atoms with Crippen LogP contribution in [0.1, 0.15) is 19.3 Å². The number of nitrogens with zero attached hydrogens (tertiary/aromatic N) is 2. The van der Waals surface area contributed by atoms with Crippen LogP contribution >= 0.6 is 0 Å². The number of aliphatic hydroxyl groups is 1. The van der Waals surface area contributed by atoms with Crippen molar-refractivity contribution >= 4 is 12.0 Å². The van der Waals surface area contributed by atoms with Gasteiger partial charge < -0.3 is 15.1 Å². The van der Waals surface area contributed by atoms with E-state index in [1.54, 1.807) is 4.90 Å². The number of hydrogen-bond donors (Lipinski definition) is 2. The van der Waals surface area contributed by atoms with Gasteiger partial charge in [0.25, 0.3) is 0 Å². The van der Waals surface area contributed by atoms with Crippen LogP contribution in [0.5, 0.6) is 0 Å². The molecular weight excluding hydrogens is 212 g/mol. The fraction of sp³-hybridized carbons (Fsp3) is 0.800. The van der Waals surface area contributed by atoms with Crippen molar-refractivity contribution in [3.8, 4) is 0 Å². The molecule has 6 nitrogen and oxygen atoms in total. The molecule has 1 aliphatic heterocycles. The Morgan fingerprint density at radius 2 is 2.06 bits per heavy atom. The van der Waals surface area contributed by atoms with E-state index in [0.29, 0.717) is 13.1 Å². The van der Waals surface area contributed by atoms with E-state index in [1.165, 1.54) is 0 Å². The first-order chi connectivity index (χ1) is 7.59. The minimum atomic E-state index is -1.06. The fourth-order valence-electron chi connectivity index (χ4n) is 2.48. The number of aliphatic hydroxyl groups excluding tert-OH is 1. The number of piperazine rings is 1. The second-order valence-corrected chi connectivity index (χ2v) is 4.36. The van der Waals surface area contributed by atoms with Crippen LogP contribution in [0, 0.1) is 0 Å². The number of hydrogen-bond acceptors (Lipinski definition) is 3. The van der Waals surface area contributed by atoms with Crippen molar-refractivity contribution in [2.75, 3.05) is 19.6 Å². The van der Waals surface area contributed by atoms with Crippen LogP contribution < -0.4 is 0 Å². The summed E-state index contributed by atoms with van der Waals surface area (Å²) in [7, 11) is 0. The maximum Gasteiger partial charge on any atom is 0.407 e. The molecule has 0 radical (unpaired) electrons. The molecule has 2 atom stereocenters. The smallest absolute Gasteiger partial charge is 0.407 e. The molecule has 2 amide bonds. The number of carboxylic acid groups (broad SMARTS) is 1. The third kappa shape index (κ3) is 1.97. The zero-order valence-electron chi connectivity index (χ0n) is 9.00. The molecule has 0 aromatic heterocycles. The Morgan fingerprint density at radius 1 is 1.31 bits per heavy atom. The Bertz CT molecular complexity index is 307. The zero-order valence-corrected chi connectivity index (χ0v) is 9.00. The largest absolute Gasteiger partial charge is 0.465 e. The van der Waals surface area contributed by atoms with Crippen LogP contribution in [0.3, 0.4) is 0 Å². The molecule has 1 saturated heterocycles. The minimum Gasteiger partial charge on any atom is -0.465 e. The van der Waals surface area contributed by atoms with Crippen LogP contribution in [-0.4, -0.2) is 63.8 Å². The highest BCUT2D eigenvalue weighted by Crippen LogP contribution is 2.25.